The molecule has 0 atom stereocenters. The van der Waals surface area contributed by atoms with Gasteiger partial charge in [-0.2, -0.15) is 0 Å². The summed E-state index contributed by atoms with van der Waals surface area (Å²) in [6.45, 7) is 4.27. The Hall–Kier alpha value is -1.31. The Balaban J connectivity index is 2.19. The van der Waals surface area contributed by atoms with Gasteiger partial charge in [0.25, 0.3) is 0 Å². The van der Waals surface area contributed by atoms with E-state index in [9.17, 15) is 4.79 Å². The maximum absolute atomic E-state index is 12.0. The van der Waals surface area contributed by atoms with Crippen molar-refractivity contribution in [2.24, 2.45) is 5.92 Å². The molecule has 19 heavy (non-hydrogen) atoms. The number of hydrogen-bond acceptors (Lipinski definition) is 2. The molecule has 1 aromatic carbocycles. The second-order valence-electron chi connectivity index (χ2n) is 5.82. The van der Waals surface area contributed by atoms with Gasteiger partial charge in [-0.1, -0.05) is 26.0 Å². The number of benzene rings is 1. The molecular formula is C17H25NO. The summed E-state index contributed by atoms with van der Waals surface area (Å²) in [7, 11) is 2.14. The first-order valence-corrected chi connectivity index (χ1v) is 7.48. The molecule has 1 saturated carbocycles. The Labute approximate surface area is 116 Å². The Morgan fingerprint density at radius 3 is 2.47 bits per heavy atom. The highest BCUT2D eigenvalue weighted by Crippen LogP contribution is 2.31. The monoisotopic (exact) mass is 259 g/mol. The number of carbonyl (C=O) groups is 1. The van der Waals surface area contributed by atoms with Gasteiger partial charge in [0.1, 0.15) is 0 Å². The summed E-state index contributed by atoms with van der Waals surface area (Å²) in [5.41, 5.74) is 1.99. The predicted octanol–water partition coefficient (Wildman–Crippen LogP) is 4.29. The van der Waals surface area contributed by atoms with E-state index < -0.39 is 0 Å². The van der Waals surface area contributed by atoms with Crippen LogP contribution in [0.2, 0.25) is 0 Å². The molecule has 2 rings (SSSR count). The molecule has 0 unspecified atom stereocenters. The maximum Gasteiger partial charge on any atom is 0.164 e. The summed E-state index contributed by atoms with van der Waals surface area (Å²) >= 11 is 0. The third-order valence-electron chi connectivity index (χ3n) is 4.44. The van der Waals surface area contributed by atoms with Crippen molar-refractivity contribution in [3.63, 3.8) is 0 Å². The molecule has 0 N–H and O–H groups in total. The smallest absolute Gasteiger partial charge is 0.164 e. The van der Waals surface area contributed by atoms with Gasteiger partial charge in [0.15, 0.2) is 5.78 Å². The van der Waals surface area contributed by atoms with E-state index >= 15 is 0 Å². The van der Waals surface area contributed by atoms with Crippen LogP contribution >= 0.6 is 0 Å². The van der Waals surface area contributed by atoms with Gasteiger partial charge in [0.05, 0.1) is 0 Å². The topological polar surface area (TPSA) is 20.3 Å². The first kappa shape index (κ1) is 14.1. The summed E-state index contributed by atoms with van der Waals surface area (Å²) in [6.07, 6.45) is 5.67. The van der Waals surface area contributed by atoms with Gasteiger partial charge in [0, 0.05) is 30.8 Å². The lowest BCUT2D eigenvalue weighted by molar-refractivity contribution is 0.0988. The fraction of sp³-hybridized carbons (Fsp3) is 0.588. The summed E-state index contributed by atoms with van der Waals surface area (Å²) < 4.78 is 0. The predicted molar refractivity (Wildman–Crippen MR) is 80.9 cm³/mol. The molecule has 0 bridgehead atoms. The maximum atomic E-state index is 12.0. The molecule has 0 radical (unpaired) electrons. The standard InChI is InChI=1S/C17H25NO/c1-4-17(19)15-7-5-6-8-16(15)18(3)14-11-9-13(2)10-12-14/h5-8,13-14H,4,9-12H2,1-3H3. The van der Waals surface area contributed by atoms with Crippen LogP contribution in [-0.4, -0.2) is 18.9 Å². The van der Waals surface area contributed by atoms with Gasteiger partial charge in [-0.15, -0.1) is 0 Å². The van der Waals surface area contributed by atoms with Gasteiger partial charge >= 0.3 is 0 Å². The third kappa shape index (κ3) is 3.17. The SMILES string of the molecule is CCC(=O)c1ccccc1N(C)C1CCC(C)CC1. The van der Waals surface area contributed by atoms with Gasteiger partial charge < -0.3 is 4.90 Å². The molecular weight excluding hydrogens is 234 g/mol. The van der Waals surface area contributed by atoms with Gasteiger partial charge in [0.2, 0.25) is 0 Å². The number of rotatable bonds is 4. The fourth-order valence-electron chi connectivity index (χ4n) is 3.03. The quantitative estimate of drug-likeness (QED) is 0.752. The van der Waals surface area contributed by atoms with E-state index in [1.54, 1.807) is 0 Å². The van der Waals surface area contributed by atoms with Crippen molar-refractivity contribution in [2.75, 3.05) is 11.9 Å². The number of ketones is 1. The molecule has 1 aliphatic carbocycles. The zero-order chi connectivity index (χ0) is 13.8. The molecule has 0 aromatic heterocycles. The van der Waals surface area contributed by atoms with E-state index in [1.165, 1.54) is 25.7 Å². The minimum Gasteiger partial charge on any atom is -0.371 e. The number of Topliss-reactive ketones (excluding diaryl/α,β-unsaturated/α-hetero) is 1. The second-order valence-corrected chi connectivity index (χ2v) is 5.82. The molecule has 1 aliphatic rings. The van der Waals surface area contributed by atoms with Crippen molar-refractivity contribution in [3.05, 3.63) is 29.8 Å². The van der Waals surface area contributed by atoms with E-state index in [0.29, 0.717) is 12.5 Å². The molecule has 2 heteroatoms. The molecule has 104 valence electrons. The summed E-state index contributed by atoms with van der Waals surface area (Å²) in [5.74, 6) is 1.10. The van der Waals surface area contributed by atoms with Crippen molar-refractivity contribution in [2.45, 2.75) is 52.0 Å². The van der Waals surface area contributed by atoms with Crippen LogP contribution in [0, 0.1) is 5.92 Å². The molecule has 0 saturated heterocycles. The zero-order valence-electron chi connectivity index (χ0n) is 12.4. The lowest BCUT2D eigenvalue weighted by Gasteiger charge is -2.36. The van der Waals surface area contributed by atoms with E-state index in [-0.39, 0.29) is 5.78 Å². The lowest BCUT2D eigenvalue weighted by atomic mass is 9.86. The fourth-order valence-corrected chi connectivity index (χ4v) is 3.03. The van der Waals surface area contributed by atoms with Crippen molar-refractivity contribution in [1.29, 1.82) is 0 Å². The van der Waals surface area contributed by atoms with Gasteiger partial charge in [-0.05, 0) is 43.7 Å². The highest BCUT2D eigenvalue weighted by Gasteiger charge is 2.23. The van der Waals surface area contributed by atoms with Crippen LogP contribution in [0.5, 0.6) is 0 Å². The van der Waals surface area contributed by atoms with Crippen LogP contribution in [-0.2, 0) is 0 Å². The van der Waals surface area contributed by atoms with Crippen LogP contribution < -0.4 is 4.90 Å². The Morgan fingerprint density at radius 1 is 1.21 bits per heavy atom. The highest BCUT2D eigenvalue weighted by molar-refractivity contribution is 6.01. The van der Waals surface area contributed by atoms with Crippen molar-refractivity contribution in [1.82, 2.24) is 0 Å². The third-order valence-corrected chi connectivity index (χ3v) is 4.44. The second kappa shape index (κ2) is 6.23. The first-order valence-electron chi connectivity index (χ1n) is 7.48. The summed E-state index contributed by atoms with van der Waals surface area (Å²) in [5, 5.41) is 0. The normalized spacial score (nSPS) is 23.1. The minimum atomic E-state index is 0.242. The molecule has 2 nitrogen and oxygen atoms in total. The number of nitrogens with zero attached hydrogens (tertiary/aromatic N) is 1. The minimum absolute atomic E-state index is 0.242. The summed E-state index contributed by atoms with van der Waals surface area (Å²) in [6, 6.07) is 8.62. The van der Waals surface area contributed by atoms with Crippen molar-refractivity contribution < 1.29 is 4.79 Å². The van der Waals surface area contributed by atoms with Crippen LogP contribution in [0.15, 0.2) is 24.3 Å². The summed E-state index contributed by atoms with van der Waals surface area (Å²) in [4.78, 5) is 14.4. The number of anilines is 1. The molecule has 0 aliphatic heterocycles. The van der Waals surface area contributed by atoms with Gasteiger partial charge in [-0.25, -0.2) is 0 Å². The highest BCUT2D eigenvalue weighted by atomic mass is 16.1. The largest absolute Gasteiger partial charge is 0.371 e. The first-order chi connectivity index (χ1) is 9.13. The van der Waals surface area contributed by atoms with E-state index in [4.69, 9.17) is 0 Å². The molecule has 0 amide bonds. The van der Waals surface area contributed by atoms with Crippen LogP contribution in [0.3, 0.4) is 0 Å². The zero-order valence-corrected chi connectivity index (χ0v) is 12.4. The van der Waals surface area contributed by atoms with Crippen LogP contribution in [0.4, 0.5) is 5.69 Å². The average molecular weight is 259 g/mol. The Bertz CT molecular complexity index is 433. The van der Waals surface area contributed by atoms with E-state index in [1.807, 2.05) is 25.1 Å². The molecule has 1 fully saturated rings. The Kier molecular flexibility index (Phi) is 4.62. The van der Waals surface area contributed by atoms with Crippen molar-refractivity contribution in [3.8, 4) is 0 Å². The average Bonchev–Trinajstić information content (AvgIpc) is 2.46. The van der Waals surface area contributed by atoms with Crippen LogP contribution in [0.1, 0.15) is 56.3 Å². The number of para-hydroxylation sites is 1. The van der Waals surface area contributed by atoms with E-state index in [0.717, 1.165) is 17.2 Å². The van der Waals surface area contributed by atoms with Gasteiger partial charge in [-0.3, -0.25) is 4.79 Å². The molecule has 1 aromatic rings. The molecule has 0 heterocycles. The van der Waals surface area contributed by atoms with E-state index in [2.05, 4.69) is 24.9 Å². The van der Waals surface area contributed by atoms with Crippen molar-refractivity contribution >= 4 is 11.5 Å². The van der Waals surface area contributed by atoms with Crippen LogP contribution in [0.25, 0.3) is 0 Å². The number of carbonyl (C=O) groups excluding carboxylic acids is 1. The lowest BCUT2D eigenvalue weighted by Crippen LogP contribution is -2.35. The number of hydrogen-bond donors (Lipinski definition) is 0. The molecule has 0 spiro atoms. The Morgan fingerprint density at radius 2 is 1.84 bits per heavy atom.